The van der Waals surface area contributed by atoms with Gasteiger partial charge in [0.2, 0.25) is 11.8 Å². The van der Waals surface area contributed by atoms with Gasteiger partial charge in [-0.1, -0.05) is 19.8 Å². The van der Waals surface area contributed by atoms with Crippen LogP contribution in [0.25, 0.3) is 0 Å². The first kappa shape index (κ1) is 15.5. The molecule has 3 atom stereocenters. The summed E-state index contributed by atoms with van der Waals surface area (Å²) in [6.07, 6.45) is 2.97. The first-order valence-electron chi connectivity index (χ1n) is 6.62. The van der Waals surface area contributed by atoms with E-state index in [4.69, 9.17) is 0 Å². The SMILES string of the molecule is CC(=O)NC(C)C(=O)NC1(C(=O)O)CCCCC1C. The molecule has 1 aliphatic carbocycles. The highest BCUT2D eigenvalue weighted by atomic mass is 16.4. The maximum Gasteiger partial charge on any atom is 0.329 e. The van der Waals surface area contributed by atoms with Gasteiger partial charge in [0.25, 0.3) is 0 Å². The molecule has 3 unspecified atom stereocenters. The van der Waals surface area contributed by atoms with Gasteiger partial charge in [-0.05, 0) is 25.7 Å². The van der Waals surface area contributed by atoms with Crippen LogP contribution in [-0.2, 0) is 14.4 Å². The number of carboxylic acid groups (broad SMARTS) is 1. The van der Waals surface area contributed by atoms with E-state index in [1.54, 1.807) is 6.92 Å². The van der Waals surface area contributed by atoms with Crippen LogP contribution in [-0.4, -0.2) is 34.5 Å². The van der Waals surface area contributed by atoms with Crippen molar-refractivity contribution in [2.45, 2.75) is 58.0 Å². The van der Waals surface area contributed by atoms with E-state index in [1.807, 2.05) is 6.92 Å². The Bertz CT molecular complexity index is 383. The topological polar surface area (TPSA) is 95.5 Å². The Balaban J connectivity index is 2.81. The van der Waals surface area contributed by atoms with Crippen molar-refractivity contribution in [2.75, 3.05) is 0 Å². The fourth-order valence-electron chi connectivity index (χ4n) is 2.60. The molecule has 2 amide bonds. The second-order valence-corrected chi connectivity index (χ2v) is 5.33. The highest BCUT2D eigenvalue weighted by Gasteiger charge is 2.46. The van der Waals surface area contributed by atoms with Crippen molar-refractivity contribution in [3.8, 4) is 0 Å². The molecule has 6 heteroatoms. The zero-order chi connectivity index (χ0) is 14.6. The van der Waals surface area contributed by atoms with Gasteiger partial charge in [-0.15, -0.1) is 0 Å². The molecule has 1 fully saturated rings. The predicted octanol–water partition coefficient (Wildman–Crippen LogP) is 0.661. The van der Waals surface area contributed by atoms with E-state index in [0.29, 0.717) is 6.42 Å². The number of carbonyl (C=O) groups is 3. The van der Waals surface area contributed by atoms with Crippen LogP contribution in [0, 0.1) is 5.92 Å². The van der Waals surface area contributed by atoms with E-state index in [-0.39, 0.29) is 11.8 Å². The molecule has 0 aromatic heterocycles. The summed E-state index contributed by atoms with van der Waals surface area (Å²) in [4.78, 5) is 34.5. The smallest absolute Gasteiger partial charge is 0.329 e. The second-order valence-electron chi connectivity index (χ2n) is 5.33. The van der Waals surface area contributed by atoms with E-state index >= 15 is 0 Å². The molecular weight excluding hydrogens is 248 g/mol. The molecule has 0 aromatic carbocycles. The van der Waals surface area contributed by atoms with Crippen molar-refractivity contribution >= 4 is 17.8 Å². The zero-order valence-corrected chi connectivity index (χ0v) is 11.7. The predicted molar refractivity (Wildman–Crippen MR) is 69.4 cm³/mol. The van der Waals surface area contributed by atoms with Crippen molar-refractivity contribution in [3.05, 3.63) is 0 Å². The number of carboxylic acids is 1. The van der Waals surface area contributed by atoms with Crippen LogP contribution in [0.1, 0.15) is 46.5 Å². The average molecular weight is 270 g/mol. The number of hydrogen-bond acceptors (Lipinski definition) is 3. The lowest BCUT2D eigenvalue weighted by molar-refractivity contribution is -0.152. The van der Waals surface area contributed by atoms with Gasteiger partial charge in [0.05, 0.1) is 0 Å². The Morgan fingerprint density at radius 1 is 1.32 bits per heavy atom. The van der Waals surface area contributed by atoms with Crippen LogP contribution < -0.4 is 10.6 Å². The van der Waals surface area contributed by atoms with E-state index in [9.17, 15) is 19.5 Å². The maximum absolute atomic E-state index is 12.0. The zero-order valence-electron chi connectivity index (χ0n) is 11.7. The monoisotopic (exact) mass is 270 g/mol. The number of carbonyl (C=O) groups excluding carboxylic acids is 2. The fraction of sp³-hybridized carbons (Fsp3) is 0.769. The quantitative estimate of drug-likeness (QED) is 0.699. The Morgan fingerprint density at radius 3 is 2.42 bits per heavy atom. The average Bonchev–Trinajstić information content (AvgIpc) is 2.30. The highest BCUT2D eigenvalue weighted by molar-refractivity contribution is 5.91. The van der Waals surface area contributed by atoms with Gasteiger partial charge >= 0.3 is 5.97 Å². The molecule has 1 saturated carbocycles. The Kier molecular flexibility index (Phi) is 4.91. The van der Waals surface area contributed by atoms with E-state index in [2.05, 4.69) is 10.6 Å². The largest absolute Gasteiger partial charge is 0.479 e. The van der Waals surface area contributed by atoms with Gasteiger partial charge in [0.1, 0.15) is 11.6 Å². The van der Waals surface area contributed by atoms with Crippen LogP contribution in [0.2, 0.25) is 0 Å². The molecule has 0 bridgehead atoms. The van der Waals surface area contributed by atoms with E-state index < -0.39 is 23.5 Å². The molecule has 0 spiro atoms. The molecule has 3 N–H and O–H groups in total. The van der Waals surface area contributed by atoms with Gasteiger partial charge in [-0.2, -0.15) is 0 Å². The summed E-state index contributed by atoms with van der Waals surface area (Å²) in [7, 11) is 0. The van der Waals surface area contributed by atoms with Crippen molar-refractivity contribution in [2.24, 2.45) is 5.92 Å². The molecule has 19 heavy (non-hydrogen) atoms. The van der Waals surface area contributed by atoms with Gasteiger partial charge in [-0.3, -0.25) is 9.59 Å². The summed E-state index contributed by atoms with van der Waals surface area (Å²) in [6, 6.07) is -0.733. The summed E-state index contributed by atoms with van der Waals surface area (Å²) in [6.45, 7) is 4.70. The number of nitrogens with one attached hydrogen (secondary N) is 2. The fourth-order valence-corrected chi connectivity index (χ4v) is 2.60. The Morgan fingerprint density at radius 2 is 1.95 bits per heavy atom. The number of hydrogen-bond donors (Lipinski definition) is 3. The first-order chi connectivity index (χ1) is 8.79. The van der Waals surface area contributed by atoms with Crippen molar-refractivity contribution < 1.29 is 19.5 Å². The lowest BCUT2D eigenvalue weighted by atomic mass is 9.73. The third kappa shape index (κ3) is 3.45. The van der Waals surface area contributed by atoms with Gasteiger partial charge < -0.3 is 15.7 Å². The van der Waals surface area contributed by atoms with Crippen LogP contribution in [0.15, 0.2) is 0 Å². The second kappa shape index (κ2) is 6.04. The molecule has 6 nitrogen and oxygen atoms in total. The normalized spacial score (nSPS) is 28.3. The summed E-state index contributed by atoms with van der Waals surface area (Å²) < 4.78 is 0. The minimum absolute atomic E-state index is 0.118. The number of rotatable bonds is 4. The third-order valence-corrected chi connectivity index (χ3v) is 3.84. The molecule has 108 valence electrons. The number of amides is 2. The van der Waals surface area contributed by atoms with Crippen LogP contribution >= 0.6 is 0 Å². The maximum atomic E-state index is 12.0. The van der Waals surface area contributed by atoms with Crippen LogP contribution in [0.4, 0.5) is 0 Å². The first-order valence-corrected chi connectivity index (χ1v) is 6.62. The molecule has 0 aliphatic heterocycles. The van der Waals surface area contributed by atoms with Gasteiger partial charge in [0.15, 0.2) is 0 Å². The lowest BCUT2D eigenvalue weighted by Crippen LogP contribution is -2.62. The van der Waals surface area contributed by atoms with Crippen molar-refractivity contribution in [1.29, 1.82) is 0 Å². The van der Waals surface area contributed by atoms with E-state index in [1.165, 1.54) is 6.92 Å². The lowest BCUT2D eigenvalue weighted by Gasteiger charge is -2.40. The van der Waals surface area contributed by atoms with Crippen LogP contribution in [0.3, 0.4) is 0 Å². The van der Waals surface area contributed by atoms with Crippen molar-refractivity contribution in [3.63, 3.8) is 0 Å². The molecular formula is C13H22N2O4. The molecule has 0 saturated heterocycles. The van der Waals surface area contributed by atoms with Gasteiger partial charge in [-0.25, -0.2) is 4.79 Å². The summed E-state index contributed by atoms with van der Waals surface area (Å²) in [5, 5.41) is 14.6. The molecule has 0 heterocycles. The molecule has 0 radical (unpaired) electrons. The Hall–Kier alpha value is -1.59. The molecule has 1 rings (SSSR count). The van der Waals surface area contributed by atoms with Crippen molar-refractivity contribution in [1.82, 2.24) is 10.6 Å². The summed E-state index contributed by atoms with van der Waals surface area (Å²) in [5.74, 6) is -1.88. The summed E-state index contributed by atoms with van der Waals surface area (Å²) >= 11 is 0. The minimum atomic E-state index is -1.21. The number of aliphatic carboxylic acids is 1. The minimum Gasteiger partial charge on any atom is -0.479 e. The standard InChI is InChI=1S/C13H22N2O4/c1-8-6-4-5-7-13(8,12(18)19)15-11(17)9(2)14-10(3)16/h8-9H,4-7H2,1-3H3,(H,14,16)(H,15,17)(H,18,19). The third-order valence-electron chi connectivity index (χ3n) is 3.84. The molecule has 0 aromatic rings. The van der Waals surface area contributed by atoms with Gasteiger partial charge in [0, 0.05) is 6.92 Å². The summed E-state index contributed by atoms with van der Waals surface area (Å²) in [5.41, 5.74) is -1.21. The highest BCUT2D eigenvalue weighted by Crippen LogP contribution is 2.34. The van der Waals surface area contributed by atoms with Crippen LogP contribution in [0.5, 0.6) is 0 Å². The Labute approximate surface area is 112 Å². The molecule has 1 aliphatic rings. The van der Waals surface area contributed by atoms with E-state index in [0.717, 1.165) is 19.3 Å².